The number of halogens is 1. The molecule has 0 bridgehead atoms. The molecule has 0 unspecified atom stereocenters. The number of aromatic carboxylic acids is 1. The van der Waals surface area contributed by atoms with E-state index < -0.39 is 5.97 Å². The van der Waals surface area contributed by atoms with Gasteiger partial charge >= 0.3 is 5.97 Å². The number of hydrogen-bond acceptors (Lipinski definition) is 3. The number of rotatable bonds is 3. The highest BCUT2D eigenvalue weighted by Crippen LogP contribution is 2.23. The van der Waals surface area contributed by atoms with E-state index in [1.54, 1.807) is 0 Å². The van der Waals surface area contributed by atoms with Crippen molar-refractivity contribution >= 4 is 23.0 Å². The van der Waals surface area contributed by atoms with Crippen LogP contribution in [0.2, 0.25) is 0 Å². The Balaban J connectivity index is 2.35. The average molecular weight is 246 g/mol. The molecule has 0 aromatic heterocycles. The third-order valence-electron chi connectivity index (χ3n) is 2.40. The first kappa shape index (κ1) is 11.9. The topological polar surface area (TPSA) is 75.4 Å². The lowest BCUT2D eigenvalue weighted by molar-refractivity contribution is 0.0698. The number of carboxylic acids is 1. The van der Waals surface area contributed by atoms with E-state index in [0.29, 0.717) is 17.1 Å². The zero-order valence-corrected chi connectivity index (χ0v) is 9.35. The van der Waals surface area contributed by atoms with E-state index in [1.165, 1.54) is 42.5 Å². The monoisotopic (exact) mass is 246 g/mol. The number of anilines is 3. The molecular formula is C13H11FN2O2. The van der Waals surface area contributed by atoms with Gasteiger partial charge in [-0.25, -0.2) is 9.18 Å². The van der Waals surface area contributed by atoms with Crippen molar-refractivity contribution in [3.8, 4) is 0 Å². The lowest BCUT2D eigenvalue weighted by atomic mass is 10.1. The molecule has 0 spiro atoms. The molecule has 2 aromatic carbocycles. The molecule has 0 fully saturated rings. The Hall–Kier alpha value is -2.56. The first-order valence-electron chi connectivity index (χ1n) is 5.21. The Bertz CT molecular complexity index is 582. The van der Waals surface area contributed by atoms with Crippen LogP contribution in [0.4, 0.5) is 21.5 Å². The molecule has 5 heteroatoms. The van der Waals surface area contributed by atoms with Crippen LogP contribution >= 0.6 is 0 Å². The van der Waals surface area contributed by atoms with Crippen LogP contribution in [0, 0.1) is 5.82 Å². The van der Waals surface area contributed by atoms with Crippen molar-refractivity contribution in [3.63, 3.8) is 0 Å². The molecule has 4 N–H and O–H groups in total. The Labute approximate surface area is 103 Å². The molecule has 0 heterocycles. The molecule has 2 aromatic rings. The molecular weight excluding hydrogens is 235 g/mol. The van der Waals surface area contributed by atoms with Crippen molar-refractivity contribution < 1.29 is 14.3 Å². The SMILES string of the molecule is Nc1ccc(C(=O)O)c(Nc2ccc(F)cc2)c1. The molecule has 0 radical (unpaired) electrons. The van der Waals surface area contributed by atoms with Gasteiger partial charge in [-0.05, 0) is 42.5 Å². The Morgan fingerprint density at radius 1 is 1.17 bits per heavy atom. The van der Waals surface area contributed by atoms with Gasteiger partial charge in [0.25, 0.3) is 0 Å². The molecule has 0 aliphatic heterocycles. The molecule has 0 aliphatic carbocycles. The van der Waals surface area contributed by atoms with E-state index in [0.717, 1.165) is 0 Å². The van der Waals surface area contributed by atoms with Crippen molar-refractivity contribution in [2.24, 2.45) is 0 Å². The Morgan fingerprint density at radius 2 is 1.83 bits per heavy atom. The number of benzene rings is 2. The van der Waals surface area contributed by atoms with Crippen molar-refractivity contribution in [2.75, 3.05) is 11.1 Å². The highest BCUT2D eigenvalue weighted by Gasteiger charge is 2.10. The van der Waals surface area contributed by atoms with Crippen molar-refractivity contribution in [1.29, 1.82) is 0 Å². The average Bonchev–Trinajstić information content (AvgIpc) is 2.32. The van der Waals surface area contributed by atoms with E-state index in [1.807, 2.05) is 0 Å². The van der Waals surface area contributed by atoms with Gasteiger partial charge in [0, 0.05) is 11.4 Å². The maximum absolute atomic E-state index is 12.8. The van der Waals surface area contributed by atoms with Crippen molar-refractivity contribution in [2.45, 2.75) is 0 Å². The minimum atomic E-state index is -1.06. The van der Waals surface area contributed by atoms with Gasteiger partial charge in [0.2, 0.25) is 0 Å². The van der Waals surface area contributed by atoms with Gasteiger partial charge in [-0.1, -0.05) is 0 Å². The summed E-state index contributed by atoms with van der Waals surface area (Å²) >= 11 is 0. The summed E-state index contributed by atoms with van der Waals surface area (Å²) in [4.78, 5) is 11.0. The second kappa shape index (κ2) is 4.75. The summed E-state index contributed by atoms with van der Waals surface area (Å²) in [5.74, 6) is -1.41. The summed E-state index contributed by atoms with van der Waals surface area (Å²) in [6, 6.07) is 10.1. The largest absolute Gasteiger partial charge is 0.478 e. The van der Waals surface area contributed by atoms with Gasteiger partial charge in [-0.2, -0.15) is 0 Å². The second-order valence-electron chi connectivity index (χ2n) is 3.74. The molecule has 0 atom stereocenters. The minimum Gasteiger partial charge on any atom is -0.478 e. The van der Waals surface area contributed by atoms with Crippen LogP contribution < -0.4 is 11.1 Å². The van der Waals surface area contributed by atoms with E-state index in [4.69, 9.17) is 10.8 Å². The molecule has 4 nitrogen and oxygen atoms in total. The Morgan fingerprint density at radius 3 is 2.44 bits per heavy atom. The van der Waals surface area contributed by atoms with Gasteiger partial charge < -0.3 is 16.2 Å². The quantitative estimate of drug-likeness (QED) is 0.728. The molecule has 2 rings (SSSR count). The molecule has 0 amide bonds. The number of nitrogens with two attached hydrogens (primary N) is 1. The van der Waals surface area contributed by atoms with Crippen LogP contribution in [0.15, 0.2) is 42.5 Å². The van der Waals surface area contributed by atoms with E-state index >= 15 is 0 Å². The zero-order valence-electron chi connectivity index (χ0n) is 9.35. The van der Waals surface area contributed by atoms with E-state index in [-0.39, 0.29) is 11.4 Å². The summed E-state index contributed by atoms with van der Waals surface area (Å²) in [6.07, 6.45) is 0. The zero-order chi connectivity index (χ0) is 13.1. The van der Waals surface area contributed by atoms with Crippen molar-refractivity contribution in [3.05, 3.63) is 53.8 Å². The summed E-state index contributed by atoms with van der Waals surface area (Å²) in [6.45, 7) is 0. The summed E-state index contributed by atoms with van der Waals surface area (Å²) in [5, 5.41) is 11.9. The smallest absolute Gasteiger partial charge is 0.337 e. The molecule has 0 saturated carbocycles. The first-order valence-corrected chi connectivity index (χ1v) is 5.21. The van der Waals surface area contributed by atoms with Gasteiger partial charge in [0.1, 0.15) is 5.82 Å². The standard InChI is InChI=1S/C13H11FN2O2/c14-8-1-4-10(5-2-8)16-12-7-9(15)3-6-11(12)13(17)18/h1-7,16H,15H2,(H,17,18). The molecule has 0 aliphatic rings. The number of carboxylic acid groups (broad SMARTS) is 1. The second-order valence-corrected chi connectivity index (χ2v) is 3.74. The summed E-state index contributed by atoms with van der Waals surface area (Å²) in [5.41, 5.74) is 7.12. The van der Waals surface area contributed by atoms with Crippen LogP contribution in [-0.2, 0) is 0 Å². The van der Waals surface area contributed by atoms with Crippen LogP contribution in [0.25, 0.3) is 0 Å². The van der Waals surface area contributed by atoms with E-state index in [2.05, 4.69) is 5.32 Å². The highest BCUT2D eigenvalue weighted by molar-refractivity contribution is 5.96. The lowest BCUT2D eigenvalue weighted by Gasteiger charge is -2.10. The molecule has 0 saturated heterocycles. The number of carbonyl (C=O) groups is 1. The van der Waals surface area contributed by atoms with Crippen molar-refractivity contribution in [1.82, 2.24) is 0 Å². The predicted octanol–water partition coefficient (Wildman–Crippen LogP) is 2.85. The fourth-order valence-electron chi connectivity index (χ4n) is 1.54. The van der Waals surface area contributed by atoms with Gasteiger partial charge in [-0.15, -0.1) is 0 Å². The fraction of sp³-hybridized carbons (Fsp3) is 0. The summed E-state index contributed by atoms with van der Waals surface area (Å²) in [7, 11) is 0. The molecule has 92 valence electrons. The van der Waals surface area contributed by atoms with Crippen LogP contribution in [0.3, 0.4) is 0 Å². The minimum absolute atomic E-state index is 0.105. The number of nitrogen functional groups attached to an aromatic ring is 1. The first-order chi connectivity index (χ1) is 8.56. The third kappa shape index (κ3) is 2.57. The van der Waals surface area contributed by atoms with E-state index in [9.17, 15) is 9.18 Å². The fourth-order valence-corrected chi connectivity index (χ4v) is 1.54. The van der Waals surface area contributed by atoms with Gasteiger partial charge in [0.05, 0.1) is 11.3 Å². The number of nitrogens with one attached hydrogen (secondary N) is 1. The van der Waals surface area contributed by atoms with Gasteiger partial charge in [0.15, 0.2) is 0 Å². The maximum Gasteiger partial charge on any atom is 0.337 e. The maximum atomic E-state index is 12.8. The highest BCUT2D eigenvalue weighted by atomic mass is 19.1. The Kier molecular flexibility index (Phi) is 3.14. The number of hydrogen-bond donors (Lipinski definition) is 3. The third-order valence-corrected chi connectivity index (χ3v) is 2.40. The van der Waals surface area contributed by atoms with Gasteiger partial charge in [-0.3, -0.25) is 0 Å². The summed E-state index contributed by atoms with van der Waals surface area (Å²) < 4.78 is 12.8. The molecule has 18 heavy (non-hydrogen) atoms. The van der Waals surface area contributed by atoms with Crippen LogP contribution in [0.5, 0.6) is 0 Å². The lowest BCUT2D eigenvalue weighted by Crippen LogP contribution is -2.03. The predicted molar refractivity (Wildman–Crippen MR) is 67.5 cm³/mol. The van der Waals surface area contributed by atoms with Crippen LogP contribution in [0.1, 0.15) is 10.4 Å². The van der Waals surface area contributed by atoms with Crippen LogP contribution in [-0.4, -0.2) is 11.1 Å². The normalized spacial score (nSPS) is 10.1.